The molecule has 1 atom stereocenters. The molecule has 0 amide bonds. The fraction of sp³-hybridized carbons (Fsp3) is 1.00. The first-order chi connectivity index (χ1) is 5.75. The highest BCUT2D eigenvalue weighted by atomic mass is 15.3. The van der Waals surface area contributed by atoms with Crippen molar-refractivity contribution in [2.75, 3.05) is 33.2 Å². The molecule has 2 heterocycles. The molecule has 2 aliphatic rings. The van der Waals surface area contributed by atoms with Crippen LogP contribution in [0.1, 0.15) is 12.8 Å². The Kier molecular flexibility index (Phi) is 2.35. The van der Waals surface area contributed by atoms with Gasteiger partial charge in [-0.05, 0) is 26.4 Å². The lowest BCUT2D eigenvalue weighted by atomic mass is 10.0. The van der Waals surface area contributed by atoms with Crippen LogP contribution in [-0.4, -0.2) is 55.1 Å². The fourth-order valence-corrected chi connectivity index (χ4v) is 2.27. The molecule has 2 rings (SSSR count). The summed E-state index contributed by atoms with van der Waals surface area (Å²) in [6, 6.07) is 1.24. The number of nitrogens with two attached hydrogens (primary N) is 1. The standard InChI is InChI=1S/C9H19N3/c1-11-6-9(7-11)12-4-2-3-8(10)5-12/h8-9H,2-7,10H2,1H3. The van der Waals surface area contributed by atoms with Crippen LogP contribution in [0.3, 0.4) is 0 Å². The van der Waals surface area contributed by atoms with Crippen molar-refractivity contribution >= 4 is 0 Å². The maximum atomic E-state index is 5.92. The normalized spacial score (nSPS) is 35.0. The van der Waals surface area contributed by atoms with Crippen LogP contribution in [0.25, 0.3) is 0 Å². The lowest BCUT2D eigenvalue weighted by molar-refractivity contribution is 0.0351. The third kappa shape index (κ3) is 1.63. The number of likely N-dealkylation sites (N-methyl/N-ethyl adjacent to an activating group) is 1. The highest BCUT2D eigenvalue weighted by Gasteiger charge is 2.31. The minimum atomic E-state index is 0.435. The molecule has 0 aromatic carbocycles. The first kappa shape index (κ1) is 8.48. The smallest absolute Gasteiger partial charge is 0.0350 e. The molecule has 0 aromatic rings. The van der Waals surface area contributed by atoms with Crippen LogP contribution in [-0.2, 0) is 0 Å². The number of piperidine rings is 1. The molecule has 0 radical (unpaired) electrons. The molecule has 2 fully saturated rings. The van der Waals surface area contributed by atoms with E-state index in [1.54, 1.807) is 0 Å². The minimum absolute atomic E-state index is 0.435. The maximum Gasteiger partial charge on any atom is 0.0350 e. The van der Waals surface area contributed by atoms with Crippen molar-refractivity contribution in [2.45, 2.75) is 24.9 Å². The monoisotopic (exact) mass is 169 g/mol. The average molecular weight is 169 g/mol. The molecule has 70 valence electrons. The Balaban J connectivity index is 1.80. The number of nitrogens with zero attached hydrogens (tertiary/aromatic N) is 2. The highest BCUT2D eigenvalue weighted by Crippen LogP contribution is 2.17. The van der Waals surface area contributed by atoms with Crippen LogP contribution in [0.4, 0.5) is 0 Å². The predicted molar refractivity (Wildman–Crippen MR) is 50.1 cm³/mol. The van der Waals surface area contributed by atoms with Crippen LogP contribution < -0.4 is 5.73 Å². The maximum absolute atomic E-state index is 5.92. The van der Waals surface area contributed by atoms with Gasteiger partial charge in [-0.1, -0.05) is 0 Å². The van der Waals surface area contributed by atoms with Gasteiger partial charge in [0, 0.05) is 31.7 Å². The van der Waals surface area contributed by atoms with Crippen molar-refractivity contribution in [1.29, 1.82) is 0 Å². The van der Waals surface area contributed by atoms with E-state index >= 15 is 0 Å². The molecule has 3 nitrogen and oxygen atoms in total. The molecule has 2 aliphatic heterocycles. The van der Waals surface area contributed by atoms with Crippen LogP contribution in [0.2, 0.25) is 0 Å². The van der Waals surface area contributed by atoms with Crippen molar-refractivity contribution in [1.82, 2.24) is 9.80 Å². The van der Waals surface area contributed by atoms with Crippen molar-refractivity contribution in [3.8, 4) is 0 Å². The summed E-state index contributed by atoms with van der Waals surface area (Å²) in [5.74, 6) is 0. The van der Waals surface area contributed by atoms with E-state index in [-0.39, 0.29) is 0 Å². The molecule has 12 heavy (non-hydrogen) atoms. The van der Waals surface area contributed by atoms with Gasteiger partial charge in [0.2, 0.25) is 0 Å². The van der Waals surface area contributed by atoms with Gasteiger partial charge in [0.15, 0.2) is 0 Å². The van der Waals surface area contributed by atoms with Gasteiger partial charge in [-0.2, -0.15) is 0 Å². The van der Waals surface area contributed by atoms with Gasteiger partial charge >= 0.3 is 0 Å². The van der Waals surface area contributed by atoms with Gasteiger partial charge in [-0.25, -0.2) is 0 Å². The van der Waals surface area contributed by atoms with Crippen LogP contribution in [0.15, 0.2) is 0 Å². The Bertz CT molecular complexity index is 154. The van der Waals surface area contributed by atoms with E-state index in [1.807, 2.05) is 0 Å². The van der Waals surface area contributed by atoms with Crippen LogP contribution >= 0.6 is 0 Å². The SMILES string of the molecule is CN1CC(N2CCCC(N)C2)C1. The molecule has 0 aromatic heterocycles. The Morgan fingerprint density at radius 1 is 1.25 bits per heavy atom. The molecule has 2 saturated heterocycles. The average Bonchev–Trinajstić information content (AvgIpc) is 1.99. The number of hydrogen-bond acceptors (Lipinski definition) is 3. The predicted octanol–water partition coefficient (Wildman–Crippen LogP) is -0.276. The van der Waals surface area contributed by atoms with Crippen molar-refractivity contribution < 1.29 is 0 Å². The second-order valence-corrected chi connectivity index (χ2v) is 4.27. The van der Waals surface area contributed by atoms with Gasteiger partial charge in [-0.3, -0.25) is 4.90 Å². The van der Waals surface area contributed by atoms with Crippen molar-refractivity contribution in [2.24, 2.45) is 5.73 Å². The zero-order chi connectivity index (χ0) is 8.55. The Morgan fingerprint density at radius 2 is 2.00 bits per heavy atom. The summed E-state index contributed by atoms with van der Waals surface area (Å²) < 4.78 is 0. The third-order valence-corrected chi connectivity index (χ3v) is 3.05. The molecule has 0 saturated carbocycles. The first-order valence-corrected chi connectivity index (χ1v) is 4.94. The zero-order valence-corrected chi connectivity index (χ0v) is 7.87. The van der Waals surface area contributed by atoms with Gasteiger partial charge < -0.3 is 10.6 Å². The Morgan fingerprint density at radius 3 is 2.58 bits per heavy atom. The van der Waals surface area contributed by atoms with Gasteiger partial charge in [0.05, 0.1) is 0 Å². The molecular formula is C9H19N3. The molecule has 0 aliphatic carbocycles. The summed E-state index contributed by atoms with van der Waals surface area (Å²) in [5.41, 5.74) is 5.92. The van der Waals surface area contributed by atoms with E-state index in [2.05, 4.69) is 16.8 Å². The summed E-state index contributed by atoms with van der Waals surface area (Å²) in [4.78, 5) is 4.93. The van der Waals surface area contributed by atoms with Gasteiger partial charge in [-0.15, -0.1) is 0 Å². The molecule has 0 bridgehead atoms. The second kappa shape index (κ2) is 3.32. The first-order valence-electron chi connectivity index (χ1n) is 4.94. The molecule has 3 heteroatoms. The van der Waals surface area contributed by atoms with Crippen molar-refractivity contribution in [3.63, 3.8) is 0 Å². The summed E-state index contributed by atoms with van der Waals surface area (Å²) in [6.45, 7) is 4.88. The lowest BCUT2D eigenvalue weighted by Gasteiger charge is -2.46. The topological polar surface area (TPSA) is 32.5 Å². The molecule has 0 spiro atoms. The van der Waals surface area contributed by atoms with Gasteiger partial charge in [0.1, 0.15) is 0 Å². The van der Waals surface area contributed by atoms with Crippen LogP contribution in [0.5, 0.6) is 0 Å². The highest BCUT2D eigenvalue weighted by molar-refractivity contribution is 4.89. The number of rotatable bonds is 1. The zero-order valence-electron chi connectivity index (χ0n) is 7.87. The molecule has 2 N–H and O–H groups in total. The summed E-state index contributed by atoms with van der Waals surface area (Å²) in [6.07, 6.45) is 2.51. The third-order valence-electron chi connectivity index (χ3n) is 3.05. The largest absolute Gasteiger partial charge is 0.327 e. The van der Waals surface area contributed by atoms with E-state index in [0.29, 0.717) is 6.04 Å². The van der Waals surface area contributed by atoms with Crippen molar-refractivity contribution in [3.05, 3.63) is 0 Å². The fourth-order valence-electron chi connectivity index (χ4n) is 2.27. The second-order valence-electron chi connectivity index (χ2n) is 4.27. The Labute approximate surface area is 74.5 Å². The van der Waals surface area contributed by atoms with Crippen LogP contribution in [0, 0.1) is 0 Å². The van der Waals surface area contributed by atoms with E-state index < -0.39 is 0 Å². The van der Waals surface area contributed by atoms with E-state index in [9.17, 15) is 0 Å². The number of likely N-dealkylation sites (tertiary alicyclic amines) is 2. The summed E-state index contributed by atoms with van der Waals surface area (Å²) >= 11 is 0. The van der Waals surface area contributed by atoms with E-state index in [0.717, 1.165) is 12.6 Å². The van der Waals surface area contributed by atoms with Gasteiger partial charge in [0.25, 0.3) is 0 Å². The quantitative estimate of drug-likeness (QED) is 0.586. The van der Waals surface area contributed by atoms with E-state index in [1.165, 1.54) is 32.5 Å². The molecule has 1 unspecified atom stereocenters. The Hall–Kier alpha value is -0.120. The summed E-state index contributed by atoms with van der Waals surface area (Å²) in [7, 11) is 2.18. The molecular weight excluding hydrogens is 150 g/mol. The van der Waals surface area contributed by atoms with E-state index in [4.69, 9.17) is 5.73 Å². The number of hydrogen-bond donors (Lipinski definition) is 1. The summed E-state index contributed by atoms with van der Waals surface area (Å²) in [5, 5.41) is 0. The lowest BCUT2D eigenvalue weighted by Crippen LogP contribution is -2.61. The minimum Gasteiger partial charge on any atom is -0.327 e.